The SMILES string of the molecule is C#CCNC(=O)c1cccc(F)c1Nc1nc(Nc2ccc3c(c2)OCCCN3C(=O)CN2CCCC2)ncc1Cl. The summed E-state index contributed by atoms with van der Waals surface area (Å²) in [6, 6.07) is 9.51. The smallest absolute Gasteiger partial charge is 0.254 e. The molecule has 0 aliphatic carbocycles. The lowest BCUT2D eigenvalue weighted by Crippen LogP contribution is -2.39. The Morgan fingerprint density at radius 1 is 1.12 bits per heavy atom. The zero-order chi connectivity index (χ0) is 28.8. The molecule has 10 nitrogen and oxygen atoms in total. The van der Waals surface area contributed by atoms with E-state index in [1.807, 2.05) is 6.07 Å². The van der Waals surface area contributed by atoms with E-state index in [-0.39, 0.29) is 40.5 Å². The molecule has 12 heteroatoms. The summed E-state index contributed by atoms with van der Waals surface area (Å²) < 4.78 is 20.7. The maximum absolute atomic E-state index is 14.8. The number of likely N-dealkylation sites (tertiary alicyclic amines) is 1. The lowest BCUT2D eigenvalue weighted by atomic mass is 10.1. The number of hydrogen-bond acceptors (Lipinski definition) is 8. The largest absolute Gasteiger partial charge is 0.491 e. The quantitative estimate of drug-likeness (QED) is 0.339. The van der Waals surface area contributed by atoms with Gasteiger partial charge < -0.3 is 25.6 Å². The third kappa shape index (κ3) is 6.67. The maximum atomic E-state index is 14.8. The number of carbonyl (C=O) groups is 2. The molecule has 2 aliphatic rings. The number of carbonyl (C=O) groups excluding carboxylic acids is 2. The molecule has 41 heavy (non-hydrogen) atoms. The molecule has 0 unspecified atom stereocenters. The minimum absolute atomic E-state index is 0.00796. The van der Waals surface area contributed by atoms with E-state index < -0.39 is 11.7 Å². The summed E-state index contributed by atoms with van der Waals surface area (Å²) >= 11 is 6.31. The number of aromatic nitrogens is 2. The van der Waals surface area contributed by atoms with Crippen LogP contribution < -0.4 is 25.6 Å². The zero-order valence-corrected chi connectivity index (χ0v) is 23.0. The summed E-state index contributed by atoms with van der Waals surface area (Å²) in [6.07, 6.45) is 9.54. The van der Waals surface area contributed by atoms with E-state index in [1.54, 1.807) is 17.0 Å². The molecule has 0 atom stereocenters. The van der Waals surface area contributed by atoms with Crippen LogP contribution in [-0.4, -0.2) is 66.0 Å². The van der Waals surface area contributed by atoms with Gasteiger partial charge in [-0.25, -0.2) is 9.37 Å². The number of anilines is 5. The second-order valence-corrected chi connectivity index (χ2v) is 10.0. The first kappa shape index (κ1) is 28.1. The van der Waals surface area contributed by atoms with Crippen molar-refractivity contribution in [1.29, 1.82) is 0 Å². The molecule has 0 spiro atoms. The van der Waals surface area contributed by atoms with Gasteiger partial charge in [0.15, 0.2) is 5.82 Å². The molecule has 0 radical (unpaired) electrons. The number of fused-ring (bicyclic) bond motifs is 1. The standard InChI is InChI=1S/C29H29ClFN7O3/c1-2-11-32-28(40)20-7-5-8-22(31)26(20)35-27-21(30)17-33-29(36-27)34-19-9-10-23-24(16-19)41-15-6-14-38(23)25(39)18-37-12-3-4-13-37/h1,5,7-10,16-17H,3-4,6,11-15,18H2,(H,32,40)(H2,33,34,35,36). The fourth-order valence-corrected chi connectivity index (χ4v) is 4.90. The Bertz CT molecular complexity index is 1490. The molecule has 1 saturated heterocycles. The number of nitrogens with zero attached hydrogens (tertiary/aromatic N) is 4. The summed E-state index contributed by atoms with van der Waals surface area (Å²) in [5, 5.41) is 8.55. The van der Waals surface area contributed by atoms with E-state index in [0.29, 0.717) is 36.8 Å². The van der Waals surface area contributed by atoms with Crippen LogP contribution in [0.2, 0.25) is 5.02 Å². The fraction of sp³-hybridized carbons (Fsp3) is 0.310. The molecular weight excluding hydrogens is 549 g/mol. The topological polar surface area (TPSA) is 112 Å². The Balaban J connectivity index is 1.35. The number of ether oxygens (including phenoxy) is 1. The van der Waals surface area contributed by atoms with Gasteiger partial charge in [0.25, 0.3) is 5.91 Å². The van der Waals surface area contributed by atoms with Crippen molar-refractivity contribution in [1.82, 2.24) is 20.2 Å². The maximum Gasteiger partial charge on any atom is 0.254 e. The number of halogens is 2. The van der Waals surface area contributed by atoms with Crippen molar-refractivity contribution in [3.8, 4) is 18.1 Å². The van der Waals surface area contributed by atoms with Gasteiger partial charge in [-0.1, -0.05) is 23.6 Å². The molecule has 3 aromatic rings. The molecule has 0 saturated carbocycles. The first-order chi connectivity index (χ1) is 19.9. The Morgan fingerprint density at radius 2 is 1.95 bits per heavy atom. The highest BCUT2D eigenvalue weighted by Gasteiger charge is 2.25. The Labute approximate surface area is 242 Å². The molecule has 212 valence electrons. The van der Waals surface area contributed by atoms with Gasteiger partial charge in [0.2, 0.25) is 11.9 Å². The highest BCUT2D eigenvalue weighted by Crippen LogP contribution is 2.35. The lowest BCUT2D eigenvalue weighted by Gasteiger charge is -2.25. The molecule has 2 aliphatic heterocycles. The minimum atomic E-state index is -0.672. The van der Waals surface area contributed by atoms with Crippen molar-refractivity contribution in [2.24, 2.45) is 0 Å². The normalized spacial score (nSPS) is 14.8. The van der Waals surface area contributed by atoms with Gasteiger partial charge in [-0.3, -0.25) is 14.5 Å². The van der Waals surface area contributed by atoms with E-state index in [1.165, 1.54) is 24.4 Å². The Kier molecular flexibility index (Phi) is 8.82. The van der Waals surface area contributed by atoms with Gasteiger partial charge in [-0.2, -0.15) is 4.98 Å². The van der Waals surface area contributed by atoms with Gasteiger partial charge in [0, 0.05) is 18.3 Å². The second kappa shape index (κ2) is 12.8. The number of amides is 2. The van der Waals surface area contributed by atoms with E-state index >= 15 is 0 Å². The Hall–Kier alpha value is -4.40. The molecule has 0 bridgehead atoms. The summed E-state index contributed by atoms with van der Waals surface area (Å²) in [4.78, 5) is 38.2. The fourth-order valence-electron chi connectivity index (χ4n) is 4.76. The summed E-state index contributed by atoms with van der Waals surface area (Å²) in [5.41, 5.74) is 1.26. The minimum Gasteiger partial charge on any atom is -0.491 e. The van der Waals surface area contributed by atoms with Crippen LogP contribution in [0, 0.1) is 18.2 Å². The van der Waals surface area contributed by atoms with Crippen LogP contribution >= 0.6 is 11.6 Å². The van der Waals surface area contributed by atoms with Crippen LogP contribution in [-0.2, 0) is 4.79 Å². The third-order valence-electron chi connectivity index (χ3n) is 6.75. The summed E-state index contributed by atoms with van der Waals surface area (Å²) in [5.74, 6) is 1.97. The van der Waals surface area contributed by atoms with Crippen molar-refractivity contribution < 1.29 is 18.7 Å². The first-order valence-electron chi connectivity index (χ1n) is 13.3. The van der Waals surface area contributed by atoms with Crippen LogP contribution in [0.1, 0.15) is 29.6 Å². The average molecular weight is 578 g/mol. The third-order valence-corrected chi connectivity index (χ3v) is 7.02. The van der Waals surface area contributed by atoms with Crippen LogP contribution in [0.5, 0.6) is 5.75 Å². The molecular formula is C29H29ClFN7O3. The summed E-state index contributed by atoms with van der Waals surface area (Å²) in [7, 11) is 0. The van der Waals surface area contributed by atoms with Crippen molar-refractivity contribution in [2.75, 3.05) is 54.9 Å². The molecule has 2 amide bonds. The first-order valence-corrected chi connectivity index (χ1v) is 13.7. The molecule has 1 fully saturated rings. The van der Waals surface area contributed by atoms with Crippen LogP contribution in [0.15, 0.2) is 42.6 Å². The highest BCUT2D eigenvalue weighted by molar-refractivity contribution is 6.33. The van der Waals surface area contributed by atoms with Crippen molar-refractivity contribution in [3.63, 3.8) is 0 Å². The van der Waals surface area contributed by atoms with E-state index in [4.69, 9.17) is 22.8 Å². The van der Waals surface area contributed by atoms with Crippen LogP contribution in [0.3, 0.4) is 0 Å². The van der Waals surface area contributed by atoms with Gasteiger partial charge >= 0.3 is 0 Å². The number of hydrogen-bond donors (Lipinski definition) is 3. The average Bonchev–Trinajstić information content (AvgIpc) is 3.38. The Morgan fingerprint density at radius 3 is 2.76 bits per heavy atom. The highest BCUT2D eigenvalue weighted by atomic mass is 35.5. The van der Waals surface area contributed by atoms with Crippen molar-refractivity contribution in [2.45, 2.75) is 19.3 Å². The number of terminal acetylenes is 1. The number of para-hydroxylation sites is 1. The van der Waals surface area contributed by atoms with Crippen LogP contribution in [0.4, 0.5) is 33.2 Å². The van der Waals surface area contributed by atoms with Gasteiger partial charge in [-0.05, 0) is 56.6 Å². The van der Waals surface area contributed by atoms with Gasteiger partial charge in [-0.15, -0.1) is 6.42 Å². The molecule has 3 N–H and O–H groups in total. The number of rotatable bonds is 8. The van der Waals surface area contributed by atoms with E-state index in [2.05, 4.69) is 36.7 Å². The van der Waals surface area contributed by atoms with Gasteiger partial charge in [0.1, 0.15) is 16.6 Å². The number of nitrogens with one attached hydrogen (secondary N) is 3. The molecule has 5 rings (SSSR count). The predicted molar refractivity (Wildman–Crippen MR) is 156 cm³/mol. The molecule has 1 aromatic heterocycles. The lowest BCUT2D eigenvalue weighted by molar-refractivity contribution is -0.119. The van der Waals surface area contributed by atoms with Crippen molar-refractivity contribution >= 4 is 52.2 Å². The van der Waals surface area contributed by atoms with Crippen LogP contribution in [0.25, 0.3) is 0 Å². The predicted octanol–water partition coefficient (Wildman–Crippen LogP) is 4.33. The molecule has 3 heterocycles. The zero-order valence-electron chi connectivity index (χ0n) is 22.3. The second-order valence-electron chi connectivity index (χ2n) is 9.60. The van der Waals surface area contributed by atoms with E-state index in [9.17, 15) is 14.0 Å². The van der Waals surface area contributed by atoms with Gasteiger partial charge in [0.05, 0.1) is 42.8 Å². The van der Waals surface area contributed by atoms with E-state index in [0.717, 1.165) is 32.4 Å². The monoisotopic (exact) mass is 577 g/mol. The molecule has 2 aromatic carbocycles. The number of benzene rings is 2. The summed E-state index contributed by atoms with van der Waals surface area (Å²) in [6.45, 7) is 3.34. The van der Waals surface area contributed by atoms with Crippen molar-refractivity contribution in [3.05, 3.63) is 59.0 Å².